The van der Waals surface area contributed by atoms with Crippen LogP contribution in [0.25, 0.3) is 11.5 Å². The second-order valence-electron chi connectivity index (χ2n) is 5.32. The lowest BCUT2D eigenvalue weighted by Gasteiger charge is -2.07. The van der Waals surface area contributed by atoms with Gasteiger partial charge >= 0.3 is 0 Å². The number of hydrogen-bond donors (Lipinski definition) is 1. The minimum atomic E-state index is -0.343. The van der Waals surface area contributed by atoms with E-state index in [1.807, 2.05) is 0 Å². The summed E-state index contributed by atoms with van der Waals surface area (Å²) in [5.41, 5.74) is 0.611. The first-order chi connectivity index (χ1) is 13.1. The number of nitrogens with zero attached hydrogens (tertiary/aromatic N) is 2. The van der Waals surface area contributed by atoms with Crippen LogP contribution in [0.15, 0.2) is 58.2 Å². The first-order valence-electron chi connectivity index (χ1n) is 7.97. The molecule has 0 aliphatic heterocycles. The highest BCUT2D eigenvalue weighted by Crippen LogP contribution is 2.23. The molecule has 1 N–H and O–H groups in total. The molecule has 3 aromatic rings. The van der Waals surface area contributed by atoms with Crippen molar-refractivity contribution in [2.45, 2.75) is 5.22 Å². The van der Waals surface area contributed by atoms with Crippen molar-refractivity contribution in [1.82, 2.24) is 15.5 Å². The topological polar surface area (TPSA) is 77.2 Å². The van der Waals surface area contributed by atoms with Crippen LogP contribution >= 0.6 is 23.4 Å². The summed E-state index contributed by atoms with van der Waals surface area (Å²) < 4.78 is 23.9. The second kappa shape index (κ2) is 9.38. The zero-order valence-corrected chi connectivity index (χ0v) is 15.6. The van der Waals surface area contributed by atoms with Gasteiger partial charge in [0.15, 0.2) is 0 Å². The summed E-state index contributed by atoms with van der Waals surface area (Å²) in [5.74, 6) is 0.564. The van der Waals surface area contributed by atoms with E-state index in [1.165, 1.54) is 12.1 Å². The van der Waals surface area contributed by atoms with Crippen molar-refractivity contribution in [2.24, 2.45) is 0 Å². The Bertz CT molecular complexity index is 888. The van der Waals surface area contributed by atoms with Gasteiger partial charge in [0.25, 0.3) is 5.22 Å². The van der Waals surface area contributed by atoms with E-state index in [0.29, 0.717) is 29.5 Å². The fourth-order valence-corrected chi connectivity index (χ4v) is 2.76. The molecule has 0 spiro atoms. The molecule has 1 amide bonds. The van der Waals surface area contributed by atoms with E-state index in [4.69, 9.17) is 20.8 Å². The van der Waals surface area contributed by atoms with Crippen molar-refractivity contribution in [1.29, 1.82) is 0 Å². The molecule has 2 aromatic carbocycles. The van der Waals surface area contributed by atoms with E-state index < -0.39 is 0 Å². The molecular weight excluding hydrogens is 393 g/mol. The zero-order chi connectivity index (χ0) is 19.1. The van der Waals surface area contributed by atoms with Gasteiger partial charge in [-0.25, -0.2) is 4.39 Å². The second-order valence-corrected chi connectivity index (χ2v) is 6.68. The molecule has 0 radical (unpaired) electrons. The highest BCUT2D eigenvalue weighted by atomic mass is 35.5. The molecule has 0 atom stereocenters. The lowest BCUT2D eigenvalue weighted by Crippen LogP contribution is -2.29. The highest BCUT2D eigenvalue weighted by molar-refractivity contribution is 7.99. The Kier molecular flexibility index (Phi) is 6.67. The average Bonchev–Trinajstić information content (AvgIpc) is 3.14. The Hall–Kier alpha value is -2.58. The van der Waals surface area contributed by atoms with Crippen molar-refractivity contribution in [3.63, 3.8) is 0 Å². The molecule has 0 fully saturated rings. The Labute approximate surface area is 164 Å². The molecule has 1 aromatic heterocycles. The summed E-state index contributed by atoms with van der Waals surface area (Å²) in [6.45, 7) is 0.708. The van der Waals surface area contributed by atoms with Gasteiger partial charge in [-0.3, -0.25) is 4.79 Å². The van der Waals surface area contributed by atoms with Crippen LogP contribution in [0.5, 0.6) is 5.75 Å². The van der Waals surface area contributed by atoms with E-state index >= 15 is 0 Å². The van der Waals surface area contributed by atoms with Crippen LogP contribution in [-0.4, -0.2) is 35.0 Å². The standard InChI is InChI=1S/C18H15ClFN3O3S/c19-13-3-7-15(8-4-13)25-10-9-21-16(24)11-27-18-23-22-17(26-18)12-1-5-14(20)6-2-12/h1-8H,9-11H2,(H,21,24). The molecule has 0 saturated carbocycles. The van der Waals surface area contributed by atoms with E-state index in [-0.39, 0.29) is 28.6 Å². The molecule has 0 aliphatic rings. The smallest absolute Gasteiger partial charge is 0.277 e. The average molecular weight is 408 g/mol. The maximum absolute atomic E-state index is 12.9. The number of amides is 1. The lowest BCUT2D eigenvalue weighted by atomic mass is 10.2. The predicted molar refractivity (Wildman–Crippen MR) is 100 cm³/mol. The number of aromatic nitrogens is 2. The molecule has 6 nitrogen and oxygen atoms in total. The molecular formula is C18H15ClFN3O3S. The highest BCUT2D eigenvalue weighted by Gasteiger charge is 2.11. The molecule has 0 aliphatic carbocycles. The van der Waals surface area contributed by atoms with Crippen LogP contribution in [0.4, 0.5) is 4.39 Å². The van der Waals surface area contributed by atoms with Crippen LogP contribution < -0.4 is 10.1 Å². The number of hydrogen-bond acceptors (Lipinski definition) is 6. The van der Waals surface area contributed by atoms with E-state index in [2.05, 4.69) is 15.5 Å². The third-order valence-corrected chi connectivity index (χ3v) is 4.40. The fraction of sp³-hybridized carbons (Fsp3) is 0.167. The maximum Gasteiger partial charge on any atom is 0.277 e. The molecule has 0 saturated heterocycles. The van der Waals surface area contributed by atoms with Gasteiger partial charge in [0.05, 0.1) is 12.3 Å². The van der Waals surface area contributed by atoms with Crippen molar-refractivity contribution < 1.29 is 18.3 Å². The molecule has 9 heteroatoms. The van der Waals surface area contributed by atoms with Crippen LogP contribution in [0.1, 0.15) is 0 Å². The van der Waals surface area contributed by atoms with Crippen molar-refractivity contribution >= 4 is 29.3 Å². The van der Waals surface area contributed by atoms with Gasteiger partial charge < -0.3 is 14.5 Å². The summed E-state index contributed by atoms with van der Waals surface area (Å²) in [4.78, 5) is 11.9. The fourth-order valence-electron chi connectivity index (χ4n) is 2.05. The molecule has 3 rings (SSSR count). The van der Waals surface area contributed by atoms with Gasteiger partial charge in [0.1, 0.15) is 18.2 Å². The largest absolute Gasteiger partial charge is 0.492 e. The molecule has 27 heavy (non-hydrogen) atoms. The van der Waals surface area contributed by atoms with Crippen LogP contribution in [0, 0.1) is 5.82 Å². The lowest BCUT2D eigenvalue weighted by molar-refractivity contribution is -0.118. The summed E-state index contributed by atoms with van der Waals surface area (Å²) in [5, 5.41) is 11.4. The van der Waals surface area contributed by atoms with E-state index in [1.54, 1.807) is 36.4 Å². The van der Waals surface area contributed by atoms with Gasteiger partial charge in [-0.2, -0.15) is 0 Å². The van der Waals surface area contributed by atoms with E-state index in [0.717, 1.165) is 11.8 Å². The Morgan fingerprint density at radius 1 is 1.15 bits per heavy atom. The Balaban J connectivity index is 1.38. The van der Waals surface area contributed by atoms with Gasteiger partial charge in [-0.15, -0.1) is 10.2 Å². The number of rotatable bonds is 8. The third kappa shape index (κ3) is 5.97. The van der Waals surface area contributed by atoms with Crippen LogP contribution in [0.2, 0.25) is 5.02 Å². The van der Waals surface area contributed by atoms with Crippen molar-refractivity contribution in [3.05, 3.63) is 59.4 Å². The number of carbonyl (C=O) groups excluding carboxylic acids is 1. The summed E-state index contributed by atoms with van der Waals surface area (Å²) in [6.07, 6.45) is 0. The Morgan fingerprint density at radius 2 is 1.89 bits per heavy atom. The van der Waals surface area contributed by atoms with Crippen molar-refractivity contribution in [3.8, 4) is 17.2 Å². The molecule has 140 valence electrons. The van der Waals surface area contributed by atoms with Gasteiger partial charge in [0, 0.05) is 10.6 Å². The first kappa shape index (κ1) is 19.2. The van der Waals surface area contributed by atoms with Crippen molar-refractivity contribution in [2.75, 3.05) is 18.9 Å². The SMILES string of the molecule is O=C(CSc1nnc(-c2ccc(F)cc2)o1)NCCOc1ccc(Cl)cc1. The number of halogens is 2. The number of thioether (sulfide) groups is 1. The van der Waals surface area contributed by atoms with E-state index in [9.17, 15) is 9.18 Å². The normalized spacial score (nSPS) is 10.6. The number of nitrogens with one attached hydrogen (secondary N) is 1. The monoisotopic (exact) mass is 407 g/mol. The van der Waals surface area contributed by atoms with Crippen LogP contribution in [0.3, 0.4) is 0 Å². The molecule has 0 unspecified atom stereocenters. The van der Waals surface area contributed by atoms with Crippen LogP contribution in [-0.2, 0) is 4.79 Å². The zero-order valence-electron chi connectivity index (χ0n) is 14.0. The minimum Gasteiger partial charge on any atom is -0.492 e. The van der Waals surface area contributed by atoms with Gasteiger partial charge in [-0.1, -0.05) is 23.4 Å². The minimum absolute atomic E-state index is 0.131. The third-order valence-electron chi connectivity index (χ3n) is 3.33. The number of benzene rings is 2. The molecule has 1 heterocycles. The van der Waals surface area contributed by atoms with Gasteiger partial charge in [-0.05, 0) is 48.5 Å². The summed E-state index contributed by atoms with van der Waals surface area (Å²) in [7, 11) is 0. The summed E-state index contributed by atoms with van der Waals surface area (Å²) in [6, 6.07) is 12.7. The predicted octanol–water partition coefficient (Wildman–Crippen LogP) is 3.82. The first-order valence-corrected chi connectivity index (χ1v) is 9.34. The molecule has 0 bridgehead atoms. The summed E-state index contributed by atoms with van der Waals surface area (Å²) >= 11 is 6.92. The Morgan fingerprint density at radius 3 is 2.63 bits per heavy atom. The number of carbonyl (C=O) groups is 1. The maximum atomic E-state index is 12.9. The quantitative estimate of drug-likeness (QED) is 0.452. The number of ether oxygens (including phenoxy) is 1. The van der Waals surface area contributed by atoms with Gasteiger partial charge in [0.2, 0.25) is 11.8 Å².